The van der Waals surface area contributed by atoms with Crippen LogP contribution in [0.15, 0.2) is 24.3 Å². The molecule has 0 amide bonds. The zero-order valence-corrected chi connectivity index (χ0v) is 13.0. The first-order valence-electron chi connectivity index (χ1n) is 5.06. The van der Waals surface area contributed by atoms with Crippen LogP contribution in [0.4, 0.5) is 0 Å². The van der Waals surface area contributed by atoms with Gasteiger partial charge in [-0.3, -0.25) is 4.79 Å². The molecule has 0 aliphatic rings. The molecule has 0 bridgehead atoms. The smallest absolute Gasteiger partial charge is 0 e. The van der Waals surface area contributed by atoms with E-state index >= 15 is 0 Å². The van der Waals surface area contributed by atoms with Gasteiger partial charge in [0.2, 0.25) is 0 Å². The first-order valence-corrected chi connectivity index (χ1v) is 5.06. The minimum Gasteiger partial charge on any atom is 0 e. The molecule has 7 heteroatoms. The fourth-order valence-electron chi connectivity index (χ4n) is 1.31. The van der Waals surface area contributed by atoms with Crippen LogP contribution in [0.5, 0.6) is 5.75 Å². The van der Waals surface area contributed by atoms with Crippen molar-refractivity contribution in [2.24, 2.45) is 0 Å². The van der Waals surface area contributed by atoms with Gasteiger partial charge in [0.15, 0.2) is 0 Å². The number of hydrogen-bond acceptors (Lipinski definition) is 3. The number of rotatable bonds is 3. The summed E-state index contributed by atoms with van der Waals surface area (Å²) in [4.78, 5) is 10.8. The van der Waals surface area contributed by atoms with E-state index in [-0.39, 0.29) is 29.4 Å². The molecule has 0 aliphatic carbocycles. The molecule has 0 aliphatic heterocycles. The molecule has 1 atom stereocenters. The first-order chi connectivity index (χ1) is 9.65. The summed E-state index contributed by atoms with van der Waals surface area (Å²) in [5, 5.41) is 0. The van der Waals surface area contributed by atoms with Crippen molar-refractivity contribution in [1.82, 2.24) is 0 Å². The quantitative estimate of drug-likeness (QED) is 0.483. The van der Waals surface area contributed by atoms with Gasteiger partial charge in [0, 0.05) is 29.8 Å². The number of benzene rings is 1. The largest absolute Gasteiger partial charge is 0 e. The van der Waals surface area contributed by atoms with Crippen molar-refractivity contribution in [2.45, 2.75) is 20.0 Å². The maximum atomic E-state index is 10.8. The summed E-state index contributed by atoms with van der Waals surface area (Å²) in [6.07, 6.45) is -0.274. The second-order valence-electron chi connectivity index (χ2n) is 2.99. The maximum absolute atomic E-state index is 10.8. The van der Waals surface area contributed by atoms with Crippen molar-refractivity contribution in [3.05, 3.63) is 49.8 Å². The summed E-state index contributed by atoms with van der Waals surface area (Å²) in [5.41, 5.74) is 0.880. The normalized spacial score (nSPS) is 8.24. The number of para-hydroxylation sites is 1. The fourth-order valence-corrected chi connectivity index (χ4v) is 1.31. The second-order valence-corrected chi connectivity index (χ2v) is 2.99. The predicted molar refractivity (Wildman–Crippen MR) is 65.0 cm³/mol. The number of esters is 1. The molecule has 0 aromatic heterocycles. The van der Waals surface area contributed by atoms with Gasteiger partial charge in [-0.05, 0) is 13.0 Å². The first kappa shape index (κ1) is 27.6. The summed E-state index contributed by atoms with van der Waals surface area (Å²) >= 11 is 0. The topological polar surface area (TPSA) is 95.2 Å². The molecular weight excluding hydrogens is 316 g/mol. The minimum atomic E-state index is -0.289. The van der Waals surface area contributed by atoms with Gasteiger partial charge in [0.05, 0.1) is 7.11 Å². The second kappa shape index (κ2) is 20.6. The van der Waals surface area contributed by atoms with Crippen LogP contribution in [0, 0.1) is 20.0 Å². The molecule has 0 heterocycles. The molecular formula is C14H14CrO6. The zero-order valence-electron chi connectivity index (χ0n) is 11.7. The van der Waals surface area contributed by atoms with Crippen LogP contribution in [0.1, 0.15) is 25.5 Å². The molecule has 1 rings (SSSR count). The molecule has 0 fully saturated rings. The summed E-state index contributed by atoms with van der Waals surface area (Å²) in [7, 11) is 1.60. The summed E-state index contributed by atoms with van der Waals surface area (Å²) in [6, 6.07) is 7.49. The number of carbonyl (C=O) groups excluding carboxylic acids is 1. The fraction of sp³-hybridized carbons (Fsp3) is 0.286. The third-order valence-electron chi connectivity index (χ3n) is 1.92. The number of hydrogen-bond donors (Lipinski definition) is 0. The SMILES string of the molecule is COc1ccccc1[C@H](C)OC(C)=O.[C-]#[O+].[C-]#[O+].[C-]#[O+].[Cr]. The number of ether oxygens (including phenoxy) is 2. The van der Waals surface area contributed by atoms with E-state index in [0.717, 1.165) is 11.3 Å². The van der Waals surface area contributed by atoms with E-state index in [0.29, 0.717) is 0 Å². The van der Waals surface area contributed by atoms with Crippen LogP contribution < -0.4 is 4.74 Å². The van der Waals surface area contributed by atoms with Crippen LogP contribution in [-0.2, 0) is 40.8 Å². The molecule has 0 N–H and O–H groups in total. The molecule has 1 aromatic carbocycles. The van der Waals surface area contributed by atoms with Crippen LogP contribution in [-0.4, -0.2) is 13.1 Å². The Morgan fingerprint density at radius 3 is 1.90 bits per heavy atom. The van der Waals surface area contributed by atoms with Crippen molar-refractivity contribution < 1.29 is 45.6 Å². The molecule has 1 aromatic rings. The van der Waals surface area contributed by atoms with E-state index in [1.165, 1.54) is 6.92 Å². The Hall–Kier alpha value is -1.76. The average molecular weight is 330 g/mol. The van der Waals surface area contributed by atoms with Crippen molar-refractivity contribution >= 4 is 5.97 Å². The Kier molecular flexibility index (Phi) is 27.0. The third-order valence-corrected chi connectivity index (χ3v) is 1.92. The van der Waals surface area contributed by atoms with Crippen LogP contribution >= 0.6 is 0 Å². The van der Waals surface area contributed by atoms with Crippen LogP contribution in [0.3, 0.4) is 0 Å². The van der Waals surface area contributed by atoms with E-state index < -0.39 is 0 Å². The molecule has 0 saturated heterocycles. The number of methoxy groups -OCH3 is 1. The zero-order chi connectivity index (χ0) is 16.6. The van der Waals surface area contributed by atoms with Gasteiger partial charge in [-0.25, -0.2) is 0 Å². The third kappa shape index (κ3) is 13.0. The Morgan fingerprint density at radius 1 is 1.10 bits per heavy atom. The van der Waals surface area contributed by atoms with Crippen molar-refractivity contribution in [1.29, 1.82) is 0 Å². The predicted octanol–water partition coefficient (Wildman–Crippen LogP) is 2.20. The summed E-state index contributed by atoms with van der Waals surface area (Å²) < 4.78 is 32.7. The van der Waals surface area contributed by atoms with E-state index in [2.05, 4.69) is 20.0 Å². The minimum absolute atomic E-state index is 0. The number of carbonyl (C=O) groups is 1. The van der Waals surface area contributed by atoms with E-state index in [9.17, 15) is 4.79 Å². The van der Waals surface area contributed by atoms with Crippen molar-refractivity contribution in [2.75, 3.05) is 7.11 Å². The Labute approximate surface area is 134 Å². The molecule has 21 heavy (non-hydrogen) atoms. The maximum Gasteiger partial charge on any atom is 0 e. The van der Waals surface area contributed by atoms with E-state index in [1.807, 2.05) is 31.2 Å². The standard InChI is InChI=1S/C11H14O3.3CO.Cr/c1-8(14-9(2)12)10-6-4-5-7-11(10)13-3;3*1-2;/h4-8H,1-3H3;;;;/t8-;;;;/m0..../s1. The van der Waals surface area contributed by atoms with Crippen LogP contribution in [0.2, 0.25) is 0 Å². The Balaban J connectivity index is -0.000000183. The Morgan fingerprint density at radius 2 is 1.52 bits per heavy atom. The monoisotopic (exact) mass is 330 g/mol. The molecule has 112 valence electrons. The Bertz CT molecular complexity index is 424. The van der Waals surface area contributed by atoms with E-state index in [4.69, 9.17) is 23.4 Å². The molecule has 0 radical (unpaired) electrons. The van der Waals surface area contributed by atoms with Gasteiger partial charge in [-0.2, -0.15) is 0 Å². The van der Waals surface area contributed by atoms with Crippen LogP contribution in [0.25, 0.3) is 0 Å². The van der Waals surface area contributed by atoms with Crippen molar-refractivity contribution in [3.8, 4) is 5.75 Å². The van der Waals surface area contributed by atoms with Gasteiger partial charge < -0.3 is 9.47 Å². The molecule has 0 unspecified atom stereocenters. The summed E-state index contributed by atoms with van der Waals surface area (Å²) in [6.45, 7) is 16.7. The van der Waals surface area contributed by atoms with E-state index in [1.54, 1.807) is 7.11 Å². The van der Waals surface area contributed by atoms with Gasteiger partial charge in [0.1, 0.15) is 11.9 Å². The molecule has 6 nitrogen and oxygen atoms in total. The molecule has 0 saturated carbocycles. The molecule has 0 spiro atoms. The summed E-state index contributed by atoms with van der Waals surface area (Å²) in [5.74, 6) is 0.449. The van der Waals surface area contributed by atoms with Gasteiger partial charge in [-0.1, -0.05) is 18.2 Å². The van der Waals surface area contributed by atoms with Gasteiger partial charge >= 0.3 is 39.9 Å². The van der Waals surface area contributed by atoms with Gasteiger partial charge in [0.25, 0.3) is 0 Å². The van der Waals surface area contributed by atoms with Crippen molar-refractivity contribution in [3.63, 3.8) is 0 Å². The average Bonchev–Trinajstić information content (AvgIpc) is 2.52. The van der Waals surface area contributed by atoms with Gasteiger partial charge in [-0.15, -0.1) is 0 Å².